The maximum Gasteiger partial charge on any atom is 0.243 e. The number of amides is 1. The van der Waals surface area contributed by atoms with E-state index in [1.54, 1.807) is 19.0 Å². The van der Waals surface area contributed by atoms with Crippen LogP contribution in [0.4, 0.5) is 5.69 Å². The van der Waals surface area contributed by atoms with Gasteiger partial charge in [0.25, 0.3) is 0 Å². The molecule has 7 heteroatoms. The van der Waals surface area contributed by atoms with Crippen molar-refractivity contribution in [1.29, 1.82) is 0 Å². The van der Waals surface area contributed by atoms with E-state index in [2.05, 4.69) is 67.6 Å². The molecule has 1 aromatic rings. The van der Waals surface area contributed by atoms with E-state index in [-0.39, 0.29) is 12.5 Å². The van der Waals surface area contributed by atoms with Gasteiger partial charge < -0.3 is 20.4 Å². The van der Waals surface area contributed by atoms with Crippen molar-refractivity contribution in [2.75, 3.05) is 45.2 Å². The van der Waals surface area contributed by atoms with Crippen molar-refractivity contribution in [3.8, 4) is 0 Å². The van der Waals surface area contributed by atoms with Gasteiger partial charge in [-0.15, -0.1) is 0 Å². The van der Waals surface area contributed by atoms with E-state index in [9.17, 15) is 4.79 Å². The maximum atomic E-state index is 11.8. The summed E-state index contributed by atoms with van der Waals surface area (Å²) in [6, 6.07) is 8.72. The van der Waals surface area contributed by atoms with Gasteiger partial charge in [-0.1, -0.05) is 22.9 Å². The van der Waals surface area contributed by atoms with Crippen molar-refractivity contribution in [3.63, 3.8) is 0 Å². The molecule has 1 aromatic carbocycles. The molecule has 1 amide bonds. The summed E-state index contributed by atoms with van der Waals surface area (Å²) in [5.41, 5.74) is 1.23. The zero-order valence-electron chi connectivity index (χ0n) is 15.3. The van der Waals surface area contributed by atoms with Gasteiger partial charge in [-0.05, 0) is 37.1 Å². The lowest BCUT2D eigenvalue weighted by molar-refractivity contribution is -0.127. The van der Waals surface area contributed by atoms with Crippen LogP contribution in [0.5, 0.6) is 0 Å². The molecule has 1 heterocycles. The van der Waals surface area contributed by atoms with Gasteiger partial charge in [0.2, 0.25) is 5.91 Å². The van der Waals surface area contributed by atoms with Crippen molar-refractivity contribution in [2.45, 2.75) is 25.8 Å². The van der Waals surface area contributed by atoms with Gasteiger partial charge in [0, 0.05) is 49.9 Å². The van der Waals surface area contributed by atoms with Gasteiger partial charge in [0.1, 0.15) is 6.54 Å². The molecule has 0 aliphatic carbocycles. The normalized spacial score (nSPS) is 17.5. The molecule has 1 saturated heterocycles. The van der Waals surface area contributed by atoms with Crippen LogP contribution in [0.15, 0.2) is 33.7 Å². The summed E-state index contributed by atoms with van der Waals surface area (Å²) >= 11 is 3.48. The standard InChI is InChI=1S/C18H28BrN5O/c1-4-10-20-18(21-12-17(25)23(2)3)22-15-9-11-24(13-15)16-7-5-14(19)6-8-16/h5-8,15H,4,9-13H2,1-3H3,(H2,20,21,22). The molecule has 1 atom stereocenters. The molecule has 0 bridgehead atoms. The number of benzene rings is 1. The average molecular weight is 410 g/mol. The summed E-state index contributed by atoms with van der Waals surface area (Å²) in [5.74, 6) is 0.722. The third-order valence-corrected chi connectivity index (χ3v) is 4.66. The van der Waals surface area contributed by atoms with Gasteiger partial charge in [-0.25, -0.2) is 4.99 Å². The highest BCUT2D eigenvalue weighted by atomic mass is 79.9. The van der Waals surface area contributed by atoms with Gasteiger partial charge in [0.05, 0.1) is 0 Å². The molecule has 2 rings (SSSR count). The largest absolute Gasteiger partial charge is 0.369 e. The smallest absolute Gasteiger partial charge is 0.243 e. The van der Waals surface area contributed by atoms with E-state index in [4.69, 9.17) is 0 Å². The predicted octanol–water partition coefficient (Wildman–Crippen LogP) is 2.06. The molecule has 6 nitrogen and oxygen atoms in total. The first-order valence-corrected chi connectivity index (χ1v) is 9.54. The van der Waals surface area contributed by atoms with Crippen LogP contribution in [0.2, 0.25) is 0 Å². The minimum Gasteiger partial charge on any atom is -0.369 e. The number of nitrogens with one attached hydrogen (secondary N) is 2. The predicted molar refractivity (Wildman–Crippen MR) is 107 cm³/mol. The number of hydrogen-bond donors (Lipinski definition) is 2. The molecular weight excluding hydrogens is 382 g/mol. The third kappa shape index (κ3) is 6.23. The highest BCUT2D eigenvalue weighted by Gasteiger charge is 2.23. The summed E-state index contributed by atoms with van der Waals surface area (Å²) in [6.07, 6.45) is 2.06. The van der Waals surface area contributed by atoms with E-state index in [1.165, 1.54) is 5.69 Å². The number of hydrogen-bond acceptors (Lipinski definition) is 3. The van der Waals surface area contributed by atoms with E-state index in [1.807, 2.05) is 0 Å². The molecule has 2 N–H and O–H groups in total. The Kier molecular flexibility index (Phi) is 7.55. The van der Waals surface area contributed by atoms with E-state index < -0.39 is 0 Å². The average Bonchev–Trinajstić information content (AvgIpc) is 3.06. The molecule has 1 aliphatic heterocycles. The Morgan fingerprint density at radius 1 is 1.36 bits per heavy atom. The van der Waals surface area contributed by atoms with Gasteiger partial charge in [-0.2, -0.15) is 0 Å². The number of nitrogens with zero attached hydrogens (tertiary/aromatic N) is 3. The van der Waals surface area contributed by atoms with Crippen LogP contribution < -0.4 is 15.5 Å². The van der Waals surface area contributed by atoms with Gasteiger partial charge >= 0.3 is 0 Å². The summed E-state index contributed by atoms with van der Waals surface area (Å²) < 4.78 is 1.09. The first-order valence-electron chi connectivity index (χ1n) is 8.75. The minimum absolute atomic E-state index is 0.000472. The lowest BCUT2D eigenvalue weighted by Gasteiger charge is -2.20. The van der Waals surface area contributed by atoms with Crippen LogP contribution >= 0.6 is 15.9 Å². The lowest BCUT2D eigenvalue weighted by atomic mass is 10.2. The number of carbonyl (C=O) groups excluding carboxylic acids is 1. The zero-order chi connectivity index (χ0) is 18.2. The highest BCUT2D eigenvalue weighted by Crippen LogP contribution is 2.22. The van der Waals surface area contributed by atoms with E-state index in [0.29, 0.717) is 6.04 Å². The van der Waals surface area contributed by atoms with Crippen molar-refractivity contribution in [2.24, 2.45) is 4.99 Å². The number of rotatable bonds is 6. The Bertz CT molecular complexity index is 588. The maximum absolute atomic E-state index is 11.8. The highest BCUT2D eigenvalue weighted by molar-refractivity contribution is 9.10. The number of guanidine groups is 1. The van der Waals surface area contributed by atoms with Crippen LogP contribution in [-0.4, -0.2) is 63.1 Å². The molecule has 1 aliphatic rings. The van der Waals surface area contributed by atoms with Crippen LogP contribution in [-0.2, 0) is 4.79 Å². The number of carbonyl (C=O) groups is 1. The fourth-order valence-electron chi connectivity index (χ4n) is 2.64. The zero-order valence-corrected chi connectivity index (χ0v) is 16.8. The fraction of sp³-hybridized carbons (Fsp3) is 0.556. The topological polar surface area (TPSA) is 60.0 Å². The molecule has 0 radical (unpaired) electrons. The number of aliphatic imine (C=N–C) groups is 1. The Morgan fingerprint density at radius 3 is 2.72 bits per heavy atom. The Balaban J connectivity index is 1.93. The molecule has 25 heavy (non-hydrogen) atoms. The Labute approximate surface area is 158 Å². The quantitative estimate of drug-likeness (QED) is 0.557. The second-order valence-electron chi connectivity index (χ2n) is 6.43. The van der Waals surface area contributed by atoms with Crippen LogP contribution in [0.1, 0.15) is 19.8 Å². The van der Waals surface area contributed by atoms with Crippen molar-refractivity contribution < 1.29 is 4.79 Å². The number of halogens is 1. The Hall–Kier alpha value is -1.76. The summed E-state index contributed by atoms with van der Waals surface area (Å²) in [5, 5.41) is 6.77. The first-order chi connectivity index (χ1) is 12.0. The molecule has 1 fully saturated rings. The van der Waals surface area contributed by atoms with E-state index in [0.717, 1.165) is 42.9 Å². The molecule has 0 saturated carbocycles. The third-order valence-electron chi connectivity index (χ3n) is 4.13. The van der Waals surface area contributed by atoms with Crippen molar-refractivity contribution >= 4 is 33.5 Å². The monoisotopic (exact) mass is 409 g/mol. The van der Waals surface area contributed by atoms with Gasteiger partial charge in [-0.3, -0.25) is 4.79 Å². The number of likely N-dealkylation sites (N-methyl/N-ethyl adjacent to an activating group) is 1. The summed E-state index contributed by atoms with van der Waals surface area (Å²) in [6.45, 7) is 5.05. The molecule has 0 spiro atoms. The molecule has 138 valence electrons. The lowest BCUT2D eigenvalue weighted by Crippen LogP contribution is -2.45. The van der Waals surface area contributed by atoms with Crippen molar-refractivity contribution in [3.05, 3.63) is 28.7 Å². The molecular formula is C18H28BrN5O. The van der Waals surface area contributed by atoms with E-state index >= 15 is 0 Å². The second kappa shape index (κ2) is 9.65. The minimum atomic E-state index is 0.000472. The summed E-state index contributed by atoms with van der Waals surface area (Å²) in [4.78, 5) is 20.1. The van der Waals surface area contributed by atoms with Gasteiger partial charge in [0.15, 0.2) is 5.96 Å². The van der Waals surface area contributed by atoms with Crippen LogP contribution in [0, 0.1) is 0 Å². The summed E-state index contributed by atoms with van der Waals surface area (Å²) in [7, 11) is 3.50. The fourth-order valence-corrected chi connectivity index (χ4v) is 2.91. The second-order valence-corrected chi connectivity index (χ2v) is 7.35. The van der Waals surface area contributed by atoms with Crippen molar-refractivity contribution in [1.82, 2.24) is 15.5 Å². The van der Waals surface area contributed by atoms with Crippen LogP contribution in [0.3, 0.4) is 0 Å². The SMILES string of the molecule is CCCNC(=NCC(=O)N(C)C)NC1CCN(c2ccc(Br)cc2)C1. The first kappa shape index (κ1) is 19.6. The Morgan fingerprint density at radius 2 is 2.08 bits per heavy atom. The number of anilines is 1. The van der Waals surface area contributed by atoms with Crippen LogP contribution in [0.25, 0.3) is 0 Å². The molecule has 1 unspecified atom stereocenters. The molecule has 0 aromatic heterocycles.